The largest absolute Gasteiger partial charge is 0.494 e. The Morgan fingerprint density at radius 1 is 1.17 bits per heavy atom. The molecule has 0 spiro atoms. The summed E-state index contributed by atoms with van der Waals surface area (Å²) in [6, 6.07) is 17.7. The molecule has 146 valence electrons. The van der Waals surface area contributed by atoms with Crippen LogP contribution >= 0.6 is 24.0 Å². The Bertz CT molecular complexity index is 1070. The number of thioether (sulfide) groups is 1. The van der Waals surface area contributed by atoms with Gasteiger partial charge < -0.3 is 10.1 Å². The number of hydrogen-bond acceptors (Lipinski definition) is 5. The first-order valence-electron chi connectivity index (χ1n) is 9.27. The summed E-state index contributed by atoms with van der Waals surface area (Å²) < 4.78 is 7.96. The van der Waals surface area contributed by atoms with Crippen LogP contribution in [-0.2, 0) is 4.79 Å². The molecule has 0 unspecified atom stereocenters. The van der Waals surface area contributed by atoms with Crippen molar-refractivity contribution < 1.29 is 9.53 Å². The maximum atomic E-state index is 12.1. The first kappa shape index (κ1) is 19.4. The zero-order valence-electron chi connectivity index (χ0n) is 15.8. The Labute approximate surface area is 178 Å². The molecule has 2 heterocycles. The van der Waals surface area contributed by atoms with Crippen LogP contribution in [0.5, 0.6) is 5.75 Å². The molecule has 1 fully saturated rings. The number of rotatable bonds is 6. The van der Waals surface area contributed by atoms with Gasteiger partial charge in [-0.3, -0.25) is 4.79 Å². The molecule has 0 saturated carbocycles. The fourth-order valence-corrected chi connectivity index (χ4v) is 3.96. The van der Waals surface area contributed by atoms with Gasteiger partial charge in [0.2, 0.25) is 0 Å². The van der Waals surface area contributed by atoms with Crippen molar-refractivity contribution in [3.8, 4) is 22.7 Å². The number of amides is 1. The fourth-order valence-electron chi connectivity index (χ4n) is 2.92. The van der Waals surface area contributed by atoms with Crippen molar-refractivity contribution in [2.75, 3.05) is 6.61 Å². The minimum absolute atomic E-state index is 0.179. The maximum absolute atomic E-state index is 12.1. The molecule has 1 amide bonds. The van der Waals surface area contributed by atoms with E-state index in [0.717, 1.165) is 34.7 Å². The zero-order chi connectivity index (χ0) is 20.2. The van der Waals surface area contributed by atoms with E-state index < -0.39 is 0 Å². The topological polar surface area (TPSA) is 56.1 Å². The van der Waals surface area contributed by atoms with Gasteiger partial charge in [0.25, 0.3) is 5.91 Å². The lowest BCUT2D eigenvalue weighted by atomic mass is 10.1. The Morgan fingerprint density at radius 3 is 2.59 bits per heavy atom. The molecule has 0 bridgehead atoms. The third kappa shape index (κ3) is 4.41. The van der Waals surface area contributed by atoms with Crippen molar-refractivity contribution in [1.29, 1.82) is 0 Å². The molecular formula is C22H19N3O2S2. The van der Waals surface area contributed by atoms with Gasteiger partial charge in [-0.1, -0.05) is 49.1 Å². The molecule has 1 aromatic heterocycles. The van der Waals surface area contributed by atoms with E-state index in [1.807, 2.05) is 71.6 Å². The smallest absolute Gasteiger partial charge is 0.263 e. The number of thiocarbonyl (C=S) groups is 1. The number of benzene rings is 2. The molecule has 3 aromatic rings. The van der Waals surface area contributed by atoms with Crippen LogP contribution in [0, 0.1) is 0 Å². The fraction of sp³-hybridized carbons (Fsp3) is 0.136. The predicted molar refractivity (Wildman–Crippen MR) is 121 cm³/mol. The van der Waals surface area contributed by atoms with E-state index in [-0.39, 0.29) is 5.91 Å². The summed E-state index contributed by atoms with van der Waals surface area (Å²) in [6.45, 7) is 2.76. The molecule has 1 saturated heterocycles. The summed E-state index contributed by atoms with van der Waals surface area (Å²) in [5.74, 6) is 0.649. The number of nitrogens with one attached hydrogen (secondary N) is 1. The van der Waals surface area contributed by atoms with Crippen LogP contribution in [0.3, 0.4) is 0 Å². The average Bonchev–Trinajstić information content (AvgIpc) is 3.30. The van der Waals surface area contributed by atoms with Crippen molar-refractivity contribution in [2.45, 2.75) is 13.3 Å². The molecule has 1 aliphatic rings. The monoisotopic (exact) mass is 421 g/mol. The summed E-state index contributed by atoms with van der Waals surface area (Å²) in [6.07, 6.45) is 4.72. The highest BCUT2D eigenvalue weighted by atomic mass is 32.2. The molecule has 0 atom stereocenters. The number of carbonyl (C=O) groups is 1. The van der Waals surface area contributed by atoms with E-state index in [4.69, 9.17) is 22.1 Å². The van der Waals surface area contributed by atoms with Crippen LogP contribution in [0.1, 0.15) is 18.9 Å². The minimum Gasteiger partial charge on any atom is -0.494 e. The second kappa shape index (κ2) is 8.63. The van der Waals surface area contributed by atoms with Gasteiger partial charge in [-0.25, -0.2) is 4.68 Å². The van der Waals surface area contributed by atoms with Crippen LogP contribution in [0.4, 0.5) is 0 Å². The lowest BCUT2D eigenvalue weighted by Crippen LogP contribution is -2.17. The number of para-hydroxylation sites is 1. The van der Waals surface area contributed by atoms with Gasteiger partial charge >= 0.3 is 0 Å². The van der Waals surface area contributed by atoms with Crippen molar-refractivity contribution >= 4 is 40.3 Å². The Kier molecular flexibility index (Phi) is 5.78. The standard InChI is InChI=1S/C22H19N3O2S2/c1-2-12-27-18-10-8-15(9-11-18)20-16(13-19-21(26)23-22(28)29-19)14-25(24-20)17-6-4-3-5-7-17/h3-11,13-14H,2,12H2,1H3,(H,23,26,28)/b19-13-. The highest BCUT2D eigenvalue weighted by Crippen LogP contribution is 2.31. The normalized spacial score (nSPS) is 15.0. The Hall–Kier alpha value is -2.90. The molecule has 1 aliphatic heterocycles. The number of ether oxygens (including phenoxy) is 1. The van der Waals surface area contributed by atoms with Gasteiger partial charge in [0.15, 0.2) is 0 Å². The average molecular weight is 422 g/mol. The van der Waals surface area contributed by atoms with E-state index in [1.54, 1.807) is 0 Å². The van der Waals surface area contributed by atoms with Crippen molar-refractivity contribution in [1.82, 2.24) is 15.1 Å². The van der Waals surface area contributed by atoms with Crippen LogP contribution in [0.2, 0.25) is 0 Å². The SMILES string of the molecule is CCCOc1ccc(-c2nn(-c3ccccc3)cc2/C=C2\SC(=S)NC2=O)cc1. The third-order valence-electron chi connectivity index (χ3n) is 4.29. The quantitative estimate of drug-likeness (QED) is 0.457. The Balaban J connectivity index is 1.75. The van der Waals surface area contributed by atoms with Gasteiger partial charge in [-0.15, -0.1) is 0 Å². The van der Waals surface area contributed by atoms with Gasteiger partial charge in [0.1, 0.15) is 10.1 Å². The third-order valence-corrected chi connectivity index (χ3v) is 5.46. The summed E-state index contributed by atoms with van der Waals surface area (Å²) >= 11 is 6.37. The lowest BCUT2D eigenvalue weighted by Gasteiger charge is -2.05. The van der Waals surface area contributed by atoms with Crippen molar-refractivity contribution in [3.63, 3.8) is 0 Å². The van der Waals surface area contributed by atoms with E-state index in [0.29, 0.717) is 15.8 Å². The predicted octanol–water partition coefficient (Wildman–Crippen LogP) is 4.82. The van der Waals surface area contributed by atoms with E-state index in [2.05, 4.69) is 12.2 Å². The van der Waals surface area contributed by atoms with Gasteiger partial charge in [0, 0.05) is 17.3 Å². The van der Waals surface area contributed by atoms with Gasteiger partial charge in [-0.05, 0) is 48.9 Å². The first-order valence-corrected chi connectivity index (χ1v) is 10.5. The second-order valence-electron chi connectivity index (χ2n) is 6.44. The van der Waals surface area contributed by atoms with Crippen LogP contribution in [-0.4, -0.2) is 26.6 Å². The second-order valence-corrected chi connectivity index (χ2v) is 8.16. The molecule has 29 heavy (non-hydrogen) atoms. The zero-order valence-corrected chi connectivity index (χ0v) is 17.4. The molecule has 0 aliphatic carbocycles. The Morgan fingerprint density at radius 2 is 1.93 bits per heavy atom. The van der Waals surface area contributed by atoms with E-state index in [9.17, 15) is 4.79 Å². The molecule has 0 radical (unpaired) electrons. The molecule has 5 nitrogen and oxygen atoms in total. The molecule has 7 heteroatoms. The van der Waals surface area contributed by atoms with Crippen LogP contribution in [0.25, 0.3) is 23.0 Å². The van der Waals surface area contributed by atoms with Gasteiger partial charge in [-0.2, -0.15) is 5.10 Å². The van der Waals surface area contributed by atoms with Crippen molar-refractivity contribution in [3.05, 3.63) is 71.3 Å². The summed E-state index contributed by atoms with van der Waals surface area (Å²) in [4.78, 5) is 12.7. The number of carbonyl (C=O) groups excluding carboxylic acids is 1. The maximum Gasteiger partial charge on any atom is 0.263 e. The van der Waals surface area contributed by atoms with E-state index in [1.165, 1.54) is 11.8 Å². The molecule has 2 aromatic carbocycles. The van der Waals surface area contributed by atoms with Crippen LogP contribution < -0.4 is 10.1 Å². The minimum atomic E-state index is -0.179. The summed E-state index contributed by atoms with van der Waals surface area (Å²) in [5, 5.41) is 7.44. The number of nitrogens with zero attached hydrogens (tertiary/aromatic N) is 2. The molecular weight excluding hydrogens is 402 g/mol. The summed E-state index contributed by atoms with van der Waals surface area (Å²) in [5.41, 5.74) is 3.52. The number of aromatic nitrogens is 2. The van der Waals surface area contributed by atoms with Gasteiger partial charge in [0.05, 0.1) is 22.9 Å². The highest BCUT2D eigenvalue weighted by molar-refractivity contribution is 8.26. The number of hydrogen-bond donors (Lipinski definition) is 1. The first-order chi connectivity index (χ1) is 14.1. The summed E-state index contributed by atoms with van der Waals surface area (Å²) in [7, 11) is 0. The lowest BCUT2D eigenvalue weighted by molar-refractivity contribution is -0.115. The highest BCUT2D eigenvalue weighted by Gasteiger charge is 2.23. The van der Waals surface area contributed by atoms with E-state index >= 15 is 0 Å². The molecule has 1 N–H and O–H groups in total. The van der Waals surface area contributed by atoms with Crippen molar-refractivity contribution in [2.24, 2.45) is 0 Å². The molecule has 4 rings (SSSR count). The van der Waals surface area contributed by atoms with Crippen LogP contribution in [0.15, 0.2) is 65.7 Å².